The zero-order valence-corrected chi connectivity index (χ0v) is 16.8. The SMILES string of the molecule is Cc1cccc(CS(=O)(=O)Nc2ccc3c(c2)N(C(=O)C(C)C)CCC3)c1. The minimum absolute atomic E-state index is 0.0655. The van der Waals surface area contributed by atoms with E-state index in [-0.39, 0.29) is 17.6 Å². The molecular formula is C21H26N2O3S. The van der Waals surface area contributed by atoms with Gasteiger partial charge in [0.2, 0.25) is 15.9 Å². The van der Waals surface area contributed by atoms with Gasteiger partial charge in [-0.05, 0) is 43.0 Å². The predicted molar refractivity (Wildman–Crippen MR) is 109 cm³/mol. The molecule has 3 rings (SSSR count). The van der Waals surface area contributed by atoms with Crippen LogP contribution < -0.4 is 9.62 Å². The first-order valence-corrected chi connectivity index (χ1v) is 10.9. The first-order chi connectivity index (χ1) is 12.7. The zero-order valence-electron chi connectivity index (χ0n) is 16.0. The van der Waals surface area contributed by atoms with E-state index in [0.717, 1.165) is 35.2 Å². The number of carbonyl (C=O) groups excluding carboxylic acids is 1. The van der Waals surface area contributed by atoms with Gasteiger partial charge in [-0.25, -0.2) is 8.42 Å². The molecule has 2 aromatic rings. The fraction of sp³-hybridized carbons (Fsp3) is 0.381. The molecule has 1 N–H and O–H groups in total. The van der Waals surface area contributed by atoms with Crippen LogP contribution in [0.4, 0.5) is 11.4 Å². The zero-order chi connectivity index (χ0) is 19.6. The molecule has 0 bridgehead atoms. The summed E-state index contributed by atoms with van der Waals surface area (Å²) >= 11 is 0. The van der Waals surface area contributed by atoms with Crippen molar-refractivity contribution >= 4 is 27.3 Å². The summed E-state index contributed by atoms with van der Waals surface area (Å²) in [7, 11) is -3.54. The molecule has 1 heterocycles. The van der Waals surface area contributed by atoms with Gasteiger partial charge in [-0.1, -0.05) is 49.7 Å². The monoisotopic (exact) mass is 386 g/mol. The largest absolute Gasteiger partial charge is 0.312 e. The molecule has 144 valence electrons. The lowest BCUT2D eigenvalue weighted by Gasteiger charge is -2.31. The molecule has 0 saturated heterocycles. The first kappa shape index (κ1) is 19.4. The van der Waals surface area contributed by atoms with Crippen LogP contribution in [0.25, 0.3) is 0 Å². The topological polar surface area (TPSA) is 66.5 Å². The van der Waals surface area contributed by atoms with E-state index in [0.29, 0.717) is 12.2 Å². The van der Waals surface area contributed by atoms with E-state index in [4.69, 9.17) is 0 Å². The normalized spacial score (nSPS) is 14.1. The minimum atomic E-state index is -3.54. The molecule has 2 aromatic carbocycles. The fourth-order valence-electron chi connectivity index (χ4n) is 3.42. The molecule has 0 spiro atoms. The van der Waals surface area contributed by atoms with E-state index in [1.807, 2.05) is 51.1 Å². The van der Waals surface area contributed by atoms with Gasteiger partial charge in [0.25, 0.3) is 0 Å². The van der Waals surface area contributed by atoms with Crippen LogP contribution in [0.5, 0.6) is 0 Å². The average molecular weight is 387 g/mol. The maximum atomic E-state index is 12.6. The highest BCUT2D eigenvalue weighted by molar-refractivity contribution is 7.91. The second-order valence-electron chi connectivity index (χ2n) is 7.44. The van der Waals surface area contributed by atoms with Gasteiger partial charge in [0.15, 0.2) is 0 Å². The molecular weight excluding hydrogens is 360 g/mol. The number of benzene rings is 2. The number of carbonyl (C=O) groups is 1. The van der Waals surface area contributed by atoms with Crippen molar-refractivity contribution in [3.8, 4) is 0 Å². The lowest BCUT2D eigenvalue weighted by atomic mass is 9.99. The number of amides is 1. The van der Waals surface area contributed by atoms with Crippen LogP contribution in [0.2, 0.25) is 0 Å². The number of fused-ring (bicyclic) bond motifs is 1. The number of hydrogen-bond acceptors (Lipinski definition) is 3. The van der Waals surface area contributed by atoms with E-state index >= 15 is 0 Å². The van der Waals surface area contributed by atoms with Crippen LogP contribution >= 0.6 is 0 Å². The van der Waals surface area contributed by atoms with Crippen molar-refractivity contribution in [2.75, 3.05) is 16.2 Å². The maximum absolute atomic E-state index is 12.6. The van der Waals surface area contributed by atoms with Crippen LogP contribution in [0.3, 0.4) is 0 Å². The molecule has 0 atom stereocenters. The van der Waals surface area contributed by atoms with E-state index in [9.17, 15) is 13.2 Å². The summed E-state index contributed by atoms with van der Waals surface area (Å²) in [4.78, 5) is 14.3. The van der Waals surface area contributed by atoms with Gasteiger partial charge in [0.05, 0.1) is 11.4 Å². The molecule has 5 nitrogen and oxygen atoms in total. The summed E-state index contributed by atoms with van der Waals surface area (Å²) in [5.74, 6) is -0.117. The fourth-order valence-corrected chi connectivity index (χ4v) is 4.59. The number of aryl methyl sites for hydroxylation is 2. The predicted octanol–water partition coefficient (Wildman–Crippen LogP) is 3.87. The molecule has 0 saturated carbocycles. The third kappa shape index (κ3) is 4.69. The summed E-state index contributed by atoms with van der Waals surface area (Å²) < 4.78 is 27.8. The van der Waals surface area contributed by atoms with Crippen molar-refractivity contribution in [2.24, 2.45) is 5.92 Å². The number of nitrogens with zero attached hydrogens (tertiary/aromatic N) is 1. The van der Waals surface area contributed by atoms with Crippen LogP contribution in [-0.4, -0.2) is 20.9 Å². The summed E-state index contributed by atoms with van der Waals surface area (Å²) in [6, 6.07) is 12.9. The smallest absolute Gasteiger partial charge is 0.236 e. The standard InChI is InChI=1S/C21H26N2O3S/c1-15(2)21(24)23-11-5-8-18-9-10-19(13-20(18)23)22-27(25,26)14-17-7-4-6-16(3)12-17/h4,6-7,9-10,12-13,15,22H,5,8,11,14H2,1-3H3. The Bertz CT molecular complexity index is 952. The van der Waals surface area contributed by atoms with Crippen molar-refractivity contribution < 1.29 is 13.2 Å². The Morgan fingerprint density at radius 1 is 1.19 bits per heavy atom. The lowest BCUT2D eigenvalue weighted by Crippen LogP contribution is -2.38. The first-order valence-electron chi connectivity index (χ1n) is 9.25. The number of nitrogens with one attached hydrogen (secondary N) is 1. The quantitative estimate of drug-likeness (QED) is 0.848. The second-order valence-corrected chi connectivity index (χ2v) is 9.16. The van der Waals surface area contributed by atoms with Gasteiger partial charge in [0, 0.05) is 18.2 Å². The average Bonchev–Trinajstić information content (AvgIpc) is 2.59. The van der Waals surface area contributed by atoms with Crippen molar-refractivity contribution in [2.45, 2.75) is 39.4 Å². The Kier molecular flexibility index (Phi) is 5.56. The van der Waals surface area contributed by atoms with Gasteiger partial charge in [-0.3, -0.25) is 9.52 Å². The van der Waals surface area contributed by atoms with Crippen molar-refractivity contribution in [1.29, 1.82) is 0 Å². The van der Waals surface area contributed by atoms with E-state index in [1.165, 1.54) is 0 Å². The molecule has 0 aromatic heterocycles. The minimum Gasteiger partial charge on any atom is -0.312 e. The highest BCUT2D eigenvalue weighted by Crippen LogP contribution is 2.31. The second kappa shape index (κ2) is 7.72. The van der Waals surface area contributed by atoms with Crippen molar-refractivity contribution in [1.82, 2.24) is 0 Å². The van der Waals surface area contributed by atoms with Gasteiger partial charge in [-0.2, -0.15) is 0 Å². The Morgan fingerprint density at radius 2 is 1.96 bits per heavy atom. The van der Waals surface area contributed by atoms with Crippen LogP contribution in [0, 0.1) is 12.8 Å². The molecule has 6 heteroatoms. The Balaban J connectivity index is 1.83. The summed E-state index contributed by atoms with van der Waals surface area (Å²) in [5.41, 5.74) is 4.16. The molecule has 0 radical (unpaired) electrons. The van der Waals surface area contributed by atoms with Crippen LogP contribution in [-0.2, 0) is 27.0 Å². The molecule has 1 amide bonds. The number of hydrogen-bond donors (Lipinski definition) is 1. The van der Waals surface area contributed by atoms with E-state index in [2.05, 4.69) is 4.72 Å². The van der Waals surface area contributed by atoms with Gasteiger partial charge >= 0.3 is 0 Å². The van der Waals surface area contributed by atoms with Gasteiger partial charge in [-0.15, -0.1) is 0 Å². The molecule has 0 unspecified atom stereocenters. The van der Waals surface area contributed by atoms with Crippen LogP contribution in [0.1, 0.15) is 37.0 Å². The molecule has 1 aliphatic rings. The third-order valence-corrected chi connectivity index (χ3v) is 5.94. The highest BCUT2D eigenvalue weighted by atomic mass is 32.2. The molecule has 0 aliphatic carbocycles. The maximum Gasteiger partial charge on any atom is 0.236 e. The van der Waals surface area contributed by atoms with E-state index in [1.54, 1.807) is 17.0 Å². The van der Waals surface area contributed by atoms with Gasteiger partial charge in [0.1, 0.15) is 0 Å². The Morgan fingerprint density at radius 3 is 2.67 bits per heavy atom. The van der Waals surface area contributed by atoms with Crippen LogP contribution in [0.15, 0.2) is 42.5 Å². The Hall–Kier alpha value is -2.34. The lowest BCUT2D eigenvalue weighted by molar-refractivity contribution is -0.121. The van der Waals surface area contributed by atoms with Crippen molar-refractivity contribution in [3.05, 3.63) is 59.2 Å². The highest BCUT2D eigenvalue weighted by Gasteiger charge is 2.25. The molecule has 27 heavy (non-hydrogen) atoms. The molecule has 1 aliphatic heterocycles. The summed E-state index contributed by atoms with van der Waals surface area (Å²) in [5, 5.41) is 0. The summed E-state index contributed by atoms with van der Waals surface area (Å²) in [6.45, 7) is 6.37. The van der Waals surface area contributed by atoms with E-state index < -0.39 is 10.0 Å². The summed E-state index contributed by atoms with van der Waals surface area (Å²) in [6.07, 6.45) is 1.82. The van der Waals surface area contributed by atoms with Crippen molar-refractivity contribution in [3.63, 3.8) is 0 Å². The molecule has 0 fully saturated rings. The Labute approximate surface area is 161 Å². The van der Waals surface area contributed by atoms with Gasteiger partial charge < -0.3 is 4.90 Å². The third-order valence-electron chi connectivity index (χ3n) is 4.68. The number of anilines is 2. The number of rotatable bonds is 5. The number of sulfonamides is 1.